The van der Waals surface area contributed by atoms with E-state index >= 15 is 0 Å². The van der Waals surface area contributed by atoms with Crippen molar-refractivity contribution >= 4 is 23.2 Å². The van der Waals surface area contributed by atoms with Gasteiger partial charge in [-0.25, -0.2) is 0 Å². The van der Waals surface area contributed by atoms with Crippen molar-refractivity contribution in [2.75, 3.05) is 0 Å². The molecule has 0 aliphatic heterocycles. The average molecular weight is 281 g/mol. The Balaban J connectivity index is 1.95. The molecule has 0 radical (unpaired) electrons. The van der Waals surface area contributed by atoms with Crippen LogP contribution in [0.3, 0.4) is 0 Å². The van der Waals surface area contributed by atoms with E-state index in [0.717, 1.165) is 5.56 Å². The molecule has 98 valence electrons. The summed E-state index contributed by atoms with van der Waals surface area (Å²) >= 11 is 5.56. The minimum Gasteiger partial charge on any atom is -0.440 e. The maximum absolute atomic E-state index is 11.6. The third kappa shape index (κ3) is 3.32. The molecule has 6 nitrogen and oxygen atoms in total. The Morgan fingerprint density at radius 3 is 2.47 bits per heavy atom. The number of nitrogens with one attached hydrogen (secondary N) is 1. The van der Waals surface area contributed by atoms with Crippen LogP contribution in [-0.4, -0.2) is 10.8 Å². The van der Waals surface area contributed by atoms with Gasteiger partial charge in [-0.2, -0.15) is 0 Å². The molecule has 0 bridgehead atoms. The smallest absolute Gasteiger partial charge is 0.287 e. The van der Waals surface area contributed by atoms with Gasteiger partial charge in [0, 0.05) is 18.7 Å². The molecule has 0 spiro atoms. The molecular weight excluding hydrogens is 272 g/mol. The fraction of sp³-hybridized carbons (Fsp3) is 0.0833. The van der Waals surface area contributed by atoms with E-state index in [-0.39, 0.29) is 23.2 Å². The predicted octanol–water partition coefficient (Wildman–Crippen LogP) is 2.77. The highest BCUT2D eigenvalue weighted by atomic mass is 35.5. The molecule has 19 heavy (non-hydrogen) atoms. The Morgan fingerprint density at radius 2 is 1.95 bits per heavy atom. The molecule has 1 amide bonds. The van der Waals surface area contributed by atoms with Gasteiger partial charge < -0.3 is 9.73 Å². The van der Waals surface area contributed by atoms with Crippen LogP contribution in [0.25, 0.3) is 0 Å². The summed E-state index contributed by atoms with van der Waals surface area (Å²) in [5, 5.41) is 13.2. The monoisotopic (exact) mass is 280 g/mol. The number of carbonyl (C=O) groups excluding carboxylic acids is 1. The van der Waals surface area contributed by atoms with Gasteiger partial charge in [0.05, 0.1) is 4.92 Å². The highest BCUT2D eigenvalue weighted by molar-refractivity contribution is 6.29. The summed E-state index contributed by atoms with van der Waals surface area (Å²) in [7, 11) is 0. The second-order valence-electron chi connectivity index (χ2n) is 3.71. The molecule has 2 rings (SSSR count). The molecule has 0 aliphatic carbocycles. The first-order valence-electron chi connectivity index (χ1n) is 5.33. The lowest BCUT2D eigenvalue weighted by Gasteiger charge is -2.03. The van der Waals surface area contributed by atoms with Crippen molar-refractivity contribution in [3.63, 3.8) is 0 Å². The van der Waals surface area contributed by atoms with E-state index in [9.17, 15) is 14.9 Å². The first-order chi connectivity index (χ1) is 9.06. The van der Waals surface area contributed by atoms with Crippen molar-refractivity contribution in [2.24, 2.45) is 0 Å². The van der Waals surface area contributed by atoms with E-state index in [1.54, 1.807) is 12.1 Å². The maximum Gasteiger partial charge on any atom is 0.287 e. The molecule has 1 N–H and O–H groups in total. The van der Waals surface area contributed by atoms with Crippen molar-refractivity contribution in [2.45, 2.75) is 6.54 Å². The summed E-state index contributed by atoms with van der Waals surface area (Å²) < 4.78 is 4.95. The van der Waals surface area contributed by atoms with Crippen LogP contribution in [0.15, 0.2) is 40.8 Å². The molecule has 0 atom stereocenters. The maximum atomic E-state index is 11.6. The quantitative estimate of drug-likeness (QED) is 0.689. The molecule has 7 heteroatoms. The van der Waals surface area contributed by atoms with Gasteiger partial charge in [-0.15, -0.1) is 0 Å². The molecule has 1 aromatic heterocycles. The fourth-order valence-corrected chi connectivity index (χ4v) is 1.59. The third-order valence-corrected chi connectivity index (χ3v) is 2.60. The first kappa shape index (κ1) is 13.1. The van der Waals surface area contributed by atoms with Gasteiger partial charge in [0.1, 0.15) is 0 Å². The van der Waals surface area contributed by atoms with Crippen LogP contribution in [0, 0.1) is 10.1 Å². The zero-order valence-electron chi connectivity index (χ0n) is 9.63. The Labute approximate surface area is 113 Å². The van der Waals surface area contributed by atoms with E-state index < -0.39 is 10.8 Å². The number of benzene rings is 1. The van der Waals surface area contributed by atoms with Gasteiger partial charge in [0.25, 0.3) is 11.6 Å². The Bertz CT molecular complexity index is 606. The molecule has 0 fully saturated rings. The lowest BCUT2D eigenvalue weighted by molar-refractivity contribution is -0.384. The number of furan rings is 1. The number of hydrogen-bond donors (Lipinski definition) is 1. The summed E-state index contributed by atoms with van der Waals surface area (Å²) in [6.45, 7) is 0.245. The number of non-ortho nitro benzene ring substituents is 1. The molecule has 1 heterocycles. The minimum atomic E-state index is -0.479. The summed E-state index contributed by atoms with van der Waals surface area (Å²) in [5.74, 6) is -0.280. The van der Waals surface area contributed by atoms with Crippen LogP contribution in [0.5, 0.6) is 0 Å². The van der Waals surface area contributed by atoms with E-state index in [0.29, 0.717) is 0 Å². The van der Waals surface area contributed by atoms with Crippen molar-refractivity contribution < 1.29 is 14.1 Å². The van der Waals surface area contributed by atoms with Crippen LogP contribution in [-0.2, 0) is 6.54 Å². The van der Waals surface area contributed by atoms with Gasteiger partial charge in [0.2, 0.25) is 0 Å². The Morgan fingerprint density at radius 1 is 1.26 bits per heavy atom. The number of nitro groups is 1. The number of halogens is 1. The van der Waals surface area contributed by atoms with E-state index in [4.69, 9.17) is 16.0 Å². The molecule has 1 aromatic carbocycles. The zero-order chi connectivity index (χ0) is 13.8. The van der Waals surface area contributed by atoms with Crippen LogP contribution < -0.4 is 5.32 Å². The summed E-state index contributed by atoms with van der Waals surface area (Å²) in [4.78, 5) is 21.6. The molecular formula is C12H9ClN2O4. The number of carbonyl (C=O) groups is 1. The zero-order valence-corrected chi connectivity index (χ0v) is 10.4. The van der Waals surface area contributed by atoms with Gasteiger partial charge in [-0.05, 0) is 29.3 Å². The molecule has 2 aromatic rings. The van der Waals surface area contributed by atoms with E-state index in [2.05, 4.69) is 5.32 Å². The number of nitrogens with zero attached hydrogens (tertiary/aromatic N) is 1. The number of amides is 1. The van der Waals surface area contributed by atoms with Crippen LogP contribution in [0.4, 0.5) is 5.69 Å². The normalized spacial score (nSPS) is 10.2. The largest absolute Gasteiger partial charge is 0.440 e. The number of nitro benzene ring substituents is 1. The first-order valence-corrected chi connectivity index (χ1v) is 5.71. The van der Waals surface area contributed by atoms with Crippen molar-refractivity contribution in [3.8, 4) is 0 Å². The molecule has 0 aliphatic rings. The highest BCUT2D eigenvalue weighted by Gasteiger charge is 2.10. The van der Waals surface area contributed by atoms with Crippen LogP contribution in [0.2, 0.25) is 5.22 Å². The standard InChI is InChI=1S/C12H9ClN2O4/c13-11-6-5-10(19-11)12(16)14-7-8-1-3-9(4-2-8)15(17)18/h1-6H,7H2,(H,14,16). The predicted molar refractivity (Wildman–Crippen MR) is 68.0 cm³/mol. The topological polar surface area (TPSA) is 85.4 Å². The highest BCUT2D eigenvalue weighted by Crippen LogP contribution is 2.14. The van der Waals surface area contributed by atoms with Crippen LogP contribution in [0.1, 0.15) is 16.1 Å². The average Bonchev–Trinajstić information content (AvgIpc) is 2.83. The molecule has 0 saturated heterocycles. The van der Waals surface area contributed by atoms with Crippen molar-refractivity contribution in [1.29, 1.82) is 0 Å². The van der Waals surface area contributed by atoms with Gasteiger partial charge in [0.15, 0.2) is 11.0 Å². The summed E-state index contributed by atoms with van der Waals surface area (Å²) in [5.41, 5.74) is 0.754. The molecule has 0 saturated carbocycles. The number of rotatable bonds is 4. The summed E-state index contributed by atoms with van der Waals surface area (Å²) in [6, 6.07) is 8.85. The van der Waals surface area contributed by atoms with Crippen molar-refractivity contribution in [1.82, 2.24) is 5.32 Å². The lowest BCUT2D eigenvalue weighted by atomic mass is 10.2. The Kier molecular flexibility index (Phi) is 3.82. The van der Waals surface area contributed by atoms with Gasteiger partial charge in [-0.1, -0.05) is 12.1 Å². The Hall–Kier alpha value is -2.34. The number of hydrogen-bond acceptors (Lipinski definition) is 4. The second-order valence-corrected chi connectivity index (χ2v) is 4.08. The minimum absolute atomic E-state index is 0.00731. The third-order valence-electron chi connectivity index (χ3n) is 2.40. The fourth-order valence-electron chi connectivity index (χ4n) is 1.44. The summed E-state index contributed by atoms with van der Waals surface area (Å²) in [6.07, 6.45) is 0. The second kappa shape index (κ2) is 5.53. The van der Waals surface area contributed by atoms with Crippen LogP contribution >= 0.6 is 11.6 Å². The van der Waals surface area contributed by atoms with Gasteiger partial charge in [-0.3, -0.25) is 14.9 Å². The van der Waals surface area contributed by atoms with Crippen molar-refractivity contribution in [3.05, 3.63) is 63.1 Å². The van der Waals surface area contributed by atoms with E-state index in [1.165, 1.54) is 24.3 Å². The SMILES string of the molecule is O=C(NCc1ccc([N+](=O)[O-])cc1)c1ccc(Cl)o1. The lowest BCUT2D eigenvalue weighted by Crippen LogP contribution is -2.22. The van der Waals surface area contributed by atoms with E-state index in [1.807, 2.05) is 0 Å². The van der Waals surface area contributed by atoms with Gasteiger partial charge >= 0.3 is 0 Å². The molecule has 0 unspecified atom stereocenters.